The smallest absolute Gasteiger partial charge is 0.251 e. The third-order valence-corrected chi connectivity index (χ3v) is 3.27. The van der Waals surface area contributed by atoms with E-state index in [1.807, 2.05) is 13.8 Å². The van der Waals surface area contributed by atoms with Crippen molar-refractivity contribution in [3.05, 3.63) is 23.8 Å². The lowest BCUT2D eigenvalue weighted by molar-refractivity contribution is 0.0903. The number of rotatable bonds is 3. The fourth-order valence-electron chi connectivity index (χ4n) is 1.94. The molecule has 3 N–H and O–H groups in total. The zero-order chi connectivity index (χ0) is 12.6. The standard InChI is InChI=1S/C13H17NO3/c1-13(2,9-4-5-9)14-12(17)8-3-6-10(15)11(16)7-8/h3,6-7,9,15-16H,4-5H2,1-2H3,(H,14,17). The first-order valence-corrected chi connectivity index (χ1v) is 5.74. The van der Waals surface area contributed by atoms with E-state index in [2.05, 4.69) is 5.32 Å². The summed E-state index contributed by atoms with van der Waals surface area (Å²) >= 11 is 0. The van der Waals surface area contributed by atoms with Gasteiger partial charge in [-0.2, -0.15) is 0 Å². The van der Waals surface area contributed by atoms with Crippen LogP contribution in [-0.2, 0) is 0 Å². The number of carbonyl (C=O) groups is 1. The molecule has 4 heteroatoms. The highest BCUT2D eigenvalue weighted by Gasteiger charge is 2.38. The minimum Gasteiger partial charge on any atom is -0.504 e. The van der Waals surface area contributed by atoms with Crippen molar-refractivity contribution in [2.45, 2.75) is 32.2 Å². The quantitative estimate of drug-likeness (QED) is 0.702. The van der Waals surface area contributed by atoms with E-state index in [-0.39, 0.29) is 22.9 Å². The second-order valence-electron chi connectivity index (χ2n) is 5.15. The molecule has 0 aromatic heterocycles. The average Bonchev–Trinajstić information content (AvgIpc) is 3.04. The van der Waals surface area contributed by atoms with Gasteiger partial charge < -0.3 is 15.5 Å². The number of phenolic OH excluding ortho intramolecular Hbond substituents is 2. The van der Waals surface area contributed by atoms with Gasteiger partial charge in [0.25, 0.3) is 5.91 Å². The summed E-state index contributed by atoms with van der Waals surface area (Å²) in [4.78, 5) is 12.0. The Bertz CT molecular complexity index is 450. The van der Waals surface area contributed by atoms with E-state index in [0.717, 1.165) is 12.8 Å². The summed E-state index contributed by atoms with van der Waals surface area (Å²) in [6.45, 7) is 4.01. The SMILES string of the molecule is CC(C)(NC(=O)c1ccc(O)c(O)c1)C1CC1. The highest BCUT2D eigenvalue weighted by molar-refractivity contribution is 5.95. The molecule has 0 aliphatic heterocycles. The largest absolute Gasteiger partial charge is 0.504 e. The molecule has 1 aliphatic rings. The molecule has 1 aliphatic carbocycles. The number of hydrogen-bond donors (Lipinski definition) is 3. The molecule has 4 nitrogen and oxygen atoms in total. The van der Waals surface area contributed by atoms with Crippen LogP contribution in [0.1, 0.15) is 37.0 Å². The lowest BCUT2D eigenvalue weighted by Crippen LogP contribution is -2.45. The van der Waals surface area contributed by atoms with E-state index < -0.39 is 0 Å². The van der Waals surface area contributed by atoms with Crippen molar-refractivity contribution in [2.75, 3.05) is 0 Å². The van der Waals surface area contributed by atoms with E-state index in [9.17, 15) is 15.0 Å². The zero-order valence-electron chi connectivity index (χ0n) is 10.0. The highest BCUT2D eigenvalue weighted by Crippen LogP contribution is 2.39. The van der Waals surface area contributed by atoms with Crippen LogP contribution >= 0.6 is 0 Å². The van der Waals surface area contributed by atoms with Crippen LogP contribution in [0.3, 0.4) is 0 Å². The predicted molar refractivity (Wildman–Crippen MR) is 64.0 cm³/mol. The Morgan fingerprint density at radius 3 is 2.47 bits per heavy atom. The first kappa shape index (κ1) is 11.8. The van der Waals surface area contributed by atoms with Crippen molar-refractivity contribution in [3.63, 3.8) is 0 Å². The van der Waals surface area contributed by atoms with Crippen molar-refractivity contribution in [1.82, 2.24) is 5.32 Å². The average molecular weight is 235 g/mol. The maximum atomic E-state index is 12.0. The molecule has 17 heavy (non-hydrogen) atoms. The molecular weight excluding hydrogens is 218 g/mol. The number of benzene rings is 1. The Balaban J connectivity index is 2.11. The first-order valence-electron chi connectivity index (χ1n) is 5.74. The Hall–Kier alpha value is -1.71. The van der Waals surface area contributed by atoms with E-state index >= 15 is 0 Å². The van der Waals surface area contributed by atoms with Crippen LogP contribution in [-0.4, -0.2) is 21.7 Å². The molecule has 0 saturated heterocycles. The van der Waals surface area contributed by atoms with Crippen molar-refractivity contribution < 1.29 is 15.0 Å². The Morgan fingerprint density at radius 2 is 1.94 bits per heavy atom. The lowest BCUT2D eigenvalue weighted by Gasteiger charge is -2.26. The van der Waals surface area contributed by atoms with E-state index in [1.54, 1.807) is 0 Å². The third kappa shape index (κ3) is 2.52. The van der Waals surface area contributed by atoms with Crippen LogP contribution in [0, 0.1) is 5.92 Å². The van der Waals surface area contributed by atoms with Crippen molar-refractivity contribution in [3.8, 4) is 11.5 Å². The van der Waals surface area contributed by atoms with Crippen LogP contribution in [0.25, 0.3) is 0 Å². The van der Waals surface area contributed by atoms with Gasteiger partial charge in [0.1, 0.15) is 0 Å². The molecule has 1 amide bonds. The van der Waals surface area contributed by atoms with Gasteiger partial charge >= 0.3 is 0 Å². The summed E-state index contributed by atoms with van der Waals surface area (Å²) in [7, 11) is 0. The number of nitrogens with one attached hydrogen (secondary N) is 1. The summed E-state index contributed by atoms with van der Waals surface area (Å²) in [6, 6.07) is 4.08. The van der Waals surface area contributed by atoms with Gasteiger partial charge in [-0.25, -0.2) is 0 Å². The molecule has 1 aromatic rings. The number of carbonyl (C=O) groups excluding carboxylic acids is 1. The number of hydrogen-bond acceptors (Lipinski definition) is 3. The number of aromatic hydroxyl groups is 2. The number of phenols is 2. The van der Waals surface area contributed by atoms with Gasteiger partial charge in [0.05, 0.1) is 0 Å². The minimum atomic E-state index is -0.276. The van der Waals surface area contributed by atoms with Crippen LogP contribution in [0.4, 0.5) is 0 Å². The van der Waals surface area contributed by atoms with E-state index in [4.69, 9.17) is 0 Å². The number of amides is 1. The highest BCUT2D eigenvalue weighted by atomic mass is 16.3. The molecule has 0 spiro atoms. The molecule has 1 fully saturated rings. The molecule has 2 rings (SSSR count). The van der Waals surface area contributed by atoms with Gasteiger partial charge in [-0.05, 0) is 50.8 Å². The topological polar surface area (TPSA) is 69.6 Å². The van der Waals surface area contributed by atoms with Crippen LogP contribution in [0.2, 0.25) is 0 Å². The van der Waals surface area contributed by atoms with E-state index in [1.165, 1.54) is 18.2 Å². The predicted octanol–water partition coefficient (Wildman–Crippen LogP) is 2.02. The summed E-state index contributed by atoms with van der Waals surface area (Å²) in [6.07, 6.45) is 2.29. The molecule has 1 saturated carbocycles. The Morgan fingerprint density at radius 1 is 1.29 bits per heavy atom. The molecule has 0 unspecified atom stereocenters. The second-order valence-corrected chi connectivity index (χ2v) is 5.15. The van der Waals surface area contributed by atoms with Crippen molar-refractivity contribution in [1.29, 1.82) is 0 Å². The maximum Gasteiger partial charge on any atom is 0.251 e. The third-order valence-electron chi connectivity index (χ3n) is 3.27. The molecule has 0 heterocycles. The van der Waals surface area contributed by atoms with Gasteiger partial charge in [-0.15, -0.1) is 0 Å². The lowest BCUT2D eigenvalue weighted by atomic mass is 9.98. The van der Waals surface area contributed by atoms with Gasteiger partial charge in [-0.1, -0.05) is 0 Å². The fraction of sp³-hybridized carbons (Fsp3) is 0.462. The Labute approximate surface area is 100 Å². The first-order chi connectivity index (χ1) is 7.90. The van der Waals surface area contributed by atoms with Gasteiger partial charge in [-0.3, -0.25) is 4.79 Å². The molecule has 1 aromatic carbocycles. The summed E-state index contributed by atoms with van der Waals surface area (Å²) in [5, 5.41) is 21.5. The monoisotopic (exact) mass is 235 g/mol. The van der Waals surface area contributed by atoms with Gasteiger partial charge in [0.15, 0.2) is 11.5 Å². The van der Waals surface area contributed by atoms with Crippen LogP contribution < -0.4 is 5.32 Å². The fourth-order valence-corrected chi connectivity index (χ4v) is 1.94. The second kappa shape index (κ2) is 3.95. The molecule has 0 radical (unpaired) electrons. The van der Waals surface area contributed by atoms with Crippen LogP contribution in [0.15, 0.2) is 18.2 Å². The molecule has 0 bridgehead atoms. The summed E-state index contributed by atoms with van der Waals surface area (Å²) < 4.78 is 0. The summed E-state index contributed by atoms with van der Waals surface area (Å²) in [5.41, 5.74) is 0.138. The maximum absolute atomic E-state index is 12.0. The van der Waals surface area contributed by atoms with Gasteiger partial charge in [0.2, 0.25) is 0 Å². The van der Waals surface area contributed by atoms with Crippen molar-refractivity contribution >= 4 is 5.91 Å². The molecule has 92 valence electrons. The van der Waals surface area contributed by atoms with E-state index in [0.29, 0.717) is 11.5 Å². The normalized spacial score (nSPS) is 15.6. The van der Waals surface area contributed by atoms with Crippen LogP contribution in [0.5, 0.6) is 11.5 Å². The summed E-state index contributed by atoms with van der Waals surface area (Å²) in [5.74, 6) is -0.181. The molecule has 0 atom stereocenters. The zero-order valence-corrected chi connectivity index (χ0v) is 10.0. The molecular formula is C13H17NO3. The minimum absolute atomic E-state index is 0.218. The van der Waals surface area contributed by atoms with Crippen molar-refractivity contribution in [2.24, 2.45) is 5.92 Å². The Kier molecular flexibility index (Phi) is 2.73. The van der Waals surface area contributed by atoms with Gasteiger partial charge in [0, 0.05) is 11.1 Å².